The van der Waals surface area contributed by atoms with Gasteiger partial charge in [-0.25, -0.2) is 4.98 Å². The van der Waals surface area contributed by atoms with Crippen LogP contribution >= 0.6 is 11.8 Å². The van der Waals surface area contributed by atoms with E-state index >= 15 is 0 Å². The molecule has 4 heterocycles. The summed E-state index contributed by atoms with van der Waals surface area (Å²) in [6, 6.07) is 3.90. The third-order valence-electron chi connectivity index (χ3n) is 3.89. The molecule has 1 aliphatic rings. The molecule has 112 valence electrons. The van der Waals surface area contributed by atoms with E-state index in [4.69, 9.17) is 4.42 Å². The number of furan rings is 1. The molecule has 0 aromatic carbocycles. The summed E-state index contributed by atoms with van der Waals surface area (Å²) in [5, 5.41) is 8.38. The van der Waals surface area contributed by atoms with Crippen molar-refractivity contribution in [1.82, 2.24) is 19.6 Å². The minimum Gasteiger partial charge on any atom is -0.469 e. The number of thioether (sulfide) groups is 1. The van der Waals surface area contributed by atoms with Gasteiger partial charge in [0.25, 0.3) is 0 Å². The van der Waals surface area contributed by atoms with E-state index in [1.54, 1.807) is 12.6 Å². The molecule has 6 heteroatoms. The minimum absolute atomic E-state index is 0.803. The monoisotopic (exact) mass is 312 g/mol. The number of rotatable bonds is 4. The summed E-state index contributed by atoms with van der Waals surface area (Å²) < 4.78 is 7.39. The van der Waals surface area contributed by atoms with E-state index < -0.39 is 0 Å². The summed E-state index contributed by atoms with van der Waals surface area (Å²) >= 11 is 1.96. The van der Waals surface area contributed by atoms with Gasteiger partial charge in [-0.2, -0.15) is 11.8 Å². The Labute approximate surface area is 132 Å². The fourth-order valence-electron chi connectivity index (χ4n) is 2.74. The molecule has 0 unspecified atom stereocenters. The molecule has 0 bridgehead atoms. The summed E-state index contributed by atoms with van der Waals surface area (Å²) in [5.74, 6) is 4.16. The van der Waals surface area contributed by atoms with Gasteiger partial charge in [0.1, 0.15) is 17.9 Å². The third-order valence-corrected chi connectivity index (χ3v) is 4.79. The zero-order valence-electron chi connectivity index (χ0n) is 12.1. The fraction of sp³-hybridized carbons (Fsp3) is 0.312. The molecule has 0 fully saturated rings. The van der Waals surface area contributed by atoms with Crippen molar-refractivity contribution in [2.75, 3.05) is 11.5 Å². The molecule has 0 atom stereocenters. The van der Waals surface area contributed by atoms with Crippen molar-refractivity contribution in [1.29, 1.82) is 0 Å². The summed E-state index contributed by atoms with van der Waals surface area (Å²) in [7, 11) is 0. The predicted molar refractivity (Wildman–Crippen MR) is 86.8 cm³/mol. The Morgan fingerprint density at radius 3 is 3.14 bits per heavy atom. The van der Waals surface area contributed by atoms with Crippen LogP contribution in [0.2, 0.25) is 0 Å². The summed E-state index contributed by atoms with van der Waals surface area (Å²) in [6.45, 7) is 0. The van der Waals surface area contributed by atoms with E-state index in [1.165, 1.54) is 5.57 Å². The van der Waals surface area contributed by atoms with Crippen molar-refractivity contribution >= 4 is 23.0 Å². The Morgan fingerprint density at radius 2 is 2.32 bits per heavy atom. The number of fused-ring (bicyclic) bond motifs is 1. The Balaban J connectivity index is 1.67. The fourth-order valence-corrected chi connectivity index (χ4v) is 3.59. The number of allylic oxidation sites excluding steroid dienone is 1. The topological polar surface area (TPSA) is 56.2 Å². The maximum absolute atomic E-state index is 5.39. The highest BCUT2D eigenvalue weighted by Crippen LogP contribution is 2.28. The van der Waals surface area contributed by atoms with Gasteiger partial charge in [-0.15, -0.1) is 10.2 Å². The quantitative estimate of drug-likeness (QED) is 0.741. The molecule has 4 rings (SSSR count). The van der Waals surface area contributed by atoms with Crippen molar-refractivity contribution in [3.05, 3.63) is 54.1 Å². The van der Waals surface area contributed by atoms with Crippen LogP contribution in [0.15, 0.2) is 41.4 Å². The smallest absolute Gasteiger partial charge is 0.171 e. The van der Waals surface area contributed by atoms with Gasteiger partial charge in [-0.05, 0) is 29.9 Å². The van der Waals surface area contributed by atoms with Crippen LogP contribution in [0.25, 0.3) is 11.2 Å². The van der Waals surface area contributed by atoms with Gasteiger partial charge in [0.2, 0.25) is 0 Å². The molecule has 0 amide bonds. The maximum atomic E-state index is 5.39. The number of aryl methyl sites for hydroxylation is 2. The molecule has 22 heavy (non-hydrogen) atoms. The van der Waals surface area contributed by atoms with Crippen LogP contribution in [-0.4, -0.2) is 31.1 Å². The summed E-state index contributed by atoms with van der Waals surface area (Å²) in [6.07, 6.45) is 10.4. The van der Waals surface area contributed by atoms with E-state index in [2.05, 4.69) is 21.3 Å². The SMILES string of the molecule is C1=C(c2cnc(CCc3ccco3)n3cnnc23)CCSC1. The van der Waals surface area contributed by atoms with Gasteiger partial charge >= 0.3 is 0 Å². The summed E-state index contributed by atoms with van der Waals surface area (Å²) in [4.78, 5) is 4.65. The van der Waals surface area contributed by atoms with Crippen LogP contribution in [0.4, 0.5) is 0 Å². The van der Waals surface area contributed by atoms with E-state index in [-0.39, 0.29) is 0 Å². The molecule has 3 aromatic rings. The lowest BCUT2D eigenvalue weighted by Crippen LogP contribution is -2.06. The van der Waals surface area contributed by atoms with Crippen LogP contribution in [0.1, 0.15) is 23.6 Å². The Kier molecular flexibility index (Phi) is 3.68. The van der Waals surface area contributed by atoms with Crippen LogP contribution in [0.5, 0.6) is 0 Å². The lowest BCUT2D eigenvalue weighted by atomic mass is 10.1. The summed E-state index contributed by atoms with van der Waals surface area (Å²) in [5.41, 5.74) is 3.35. The van der Waals surface area contributed by atoms with Crippen molar-refractivity contribution < 1.29 is 4.42 Å². The van der Waals surface area contributed by atoms with Gasteiger partial charge in [-0.1, -0.05) is 6.08 Å². The van der Waals surface area contributed by atoms with Gasteiger partial charge in [-0.3, -0.25) is 4.40 Å². The molecule has 5 nitrogen and oxygen atoms in total. The largest absolute Gasteiger partial charge is 0.469 e. The minimum atomic E-state index is 0.803. The van der Waals surface area contributed by atoms with E-state index in [0.29, 0.717) is 0 Å². The van der Waals surface area contributed by atoms with Gasteiger partial charge in [0.05, 0.1) is 6.26 Å². The van der Waals surface area contributed by atoms with Gasteiger partial charge in [0, 0.05) is 30.4 Å². The second-order valence-corrected chi connectivity index (χ2v) is 6.40. The Hall–Kier alpha value is -2.08. The Morgan fingerprint density at radius 1 is 1.32 bits per heavy atom. The number of hydrogen-bond acceptors (Lipinski definition) is 5. The molecule has 0 saturated carbocycles. The molecular formula is C16H16N4OS. The number of aromatic nitrogens is 4. The normalized spacial score (nSPS) is 15.2. The average molecular weight is 312 g/mol. The second kappa shape index (κ2) is 5.96. The molecule has 0 aliphatic carbocycles. The molecule has 1 aliphatic heterocycles. The van der Waals surface area contributed by atoms with Crippen molar-refractivity contribution in [2.24, 2.45) is 0 Å². The van der Waals surface area contributed by atoms with Crippen LogP contribution in [0, 0.1) is 0 Å². The zero-order chi connectivity index (χ0) is 14.8. The van der Waals surface area contributed by atoms with E-state index in [1.807, 2.05) is 34.5 Å². The first-order chi connectivity index (χ1) is 10.9. The number of nitrogens with zero attached hydrogens (tertiary/aromatic N) is 4. The van der Waals surface area contributed by atoms with Crippen LogP contribution in [-0.2, 0) is 12.8 Å². The van der Waals surface area contributed by atoms with Crippen molar-refractivity contribution in [3.63, 3.8) is 0 Å². The van der Waals surface area contributed by atoms with E-state index in [9.17, 15) is 0 Å². The maximum Gasteiger partial charge on any atom is 0.171 e. The van der Waals surface area contributed by atoms with Crippen LogP contribution in [0.3, 0.4) is 0 Å². The van der Waals surface area contributed by atoms with Gasteiger partial charge < -0.3 is 4.42 Å². The third kappa shape index (κ3) is 2.54. The first-order valence-electron chi connectivity index (χ1n) is 7.39. The number of hydrogen-bond donors (Lipinski definition) is 0. The highest BCUT2D eigenvalue weighted by atomic mass is 32.2. The average Bonchev–Trinajstić information content (AvgIpc) is 3.25. The van der Waals surface area contributed by atoms with Crippen molar-refractivity contribution in [3.8, 4) is 0 Å². The lowest BCUT2D eigenvalue weighted by Gasteiger charge is -2.14. The molecule has 0 radical (unpaired) electrons. The molecule has 0 N–H and O–H groups in total. The highest BCUT2D eigenvalue weighted by Gasteiger charge is 2.14. The molecule has 0 spiro atoms. The molecule has 0 saturated heterocycles. The van der Waals surface area contributed by atoms with Gasteiger partial charge in [0.15, 0.2) is 5.65 Å². The zero-order valence-corrected chi connectivity index (χ0v) is 12.9. The lowest BCUT2D eigenvalue weighted by molar-refractivity contribution is 0.506. The van der Waals surface area contributed by atoms with Crippen LogP contribution < -0.4 is 0 Å². The first-order valence-corrected chi connectivity index (χ1v) is 8.54. The van der Waals surface area contributed by atoms with Crippen molar-refractivity contribution in [2.45, 2.75) is 19.3 Å². The first kappa shape index (κ1) is 13.6. The second-order valence-electron chi connectivity index (χ2n) is 5.25. The molecular weight excluding hydrogens is 296 g/mol. The standard InChI is InChI=1S/C16H16N4OS/c1-2-13(21-7-1)3-4-15-17-10-14(12-5-8-22-9-6-12)16-19-18-11-20(15)16/h1-2,5,7,10-11H,3-4,6,8-9H2. The molecule has 3 aromatic heterocycles. The Bertz CT molecular complexity index is 807. The van der Waals surface area contributed by atoms with E-state index in [0.717, 1.165) is 53.6 Å². The predicted octanol–water partition coefficient (Wildman–Crippen LogP) is 3.02. The highest BCUT2D eigenvalue weighted by molar-refractivity contribution is 7.99.